The molecule has 3 aromatic rings. The zero-order chi connectivity index (χ0) is 32.8. The molecule has 6 heteroatoms. The fourth-order valence-electron chi connectivity index (χ4n) is 7.28. The first kappa shape index (κ1) is 33.0. The van der Waals surface area contributed by atoms with Gasteiger partial charge in [-0.1, -0.05) is 76.2 Å². The Morgan fingerprint density at radius 3 is 1.24 bits per heavy atom. The zero-order valence-electron chi connectivity index (χ0n) is 29.5. The van der Waals surface area contributed by atoms with Crippen molar-refractivity contribution < 1.29 is 18.9 Å². The highest BCUT2D eigenvalue weighted by Crippen LogP contribution is 2.40. The molecule has 0 N–H and O–H groups in total. The van der Waals surface area contributed by atoms with Gasteiger partial charge in [-0.15, -0.1) is 0 Å². The minimum absolute atomic E-state index is 0.132. The molecule has 6 nitrogen and oxygen atoms in total. The van der Waals surface area contributed by atoms with Gasteiger partial charge in [0.2, 0.25) is 0 Å². The van der Waals surface area contributed by atoms with Crippen LogP contribution in [-0.2, 0) is 29.8 Å². The van der Waals surface area contributed by atoms with Gasteiger partial charge in [-0.05, 0) is 72.2 Å². The molecule has 0 amide bonds. The van der Waals surface area contributed by atoms with E-state index in [9.17, 15) is 0 Å². The molecule has 6 rings (SSSR count). The van der Waals surface area contributed by atoms with E-state index in [1.807, 2.05) is 0 Å². The molecule has 3 aliphatic heterocycles. The van der Waals surface area contributed by atoms with E-state index >= 15 is 0 Å². The molecular weight excluding hydrogens is 572 g/mol. The normalized spacial score (nSPS) is 20.5. The molecule has 3 aromatic carbocycles. The van der Waals surface area contributed by atoms with Crippen LogP contribution in [0.3, 0.4) is 0 Å². The summed E-state index contributed by atoms with van der Waals surface area (Å²) in [4.78, 5) is 4.93. The fourth-order valence-corrected chi connectivity index (χ4v) is 7.28. The Kier molecular flexibility index (Phi) is 9.30. The molecule has 0 bridgehead atoms. The quantitative estimate of drug-likeness (QED) is 0.169. The molecule has 0 saturated carbocycles. The Balaban J connectivity index is 1.23. The van der Waals surface area contributed by atoms with Crippen molar-refractivity contribution in [3.05, 3.63) is 93.0 Å². The standard InChI is InChI=1S/C40H54N2O4/c1-26-16-32(17-27(2)37(26)41(14-15-43-9)20-34-23-44-34)39(5,6)30-10-12-31(13-11-30)40(7,8)33-18-28(3)38(29(4)19-33)42(21-35-24-45-35)22-36-25-46-36/h10-13,16-19,34-36H,14-15,20-25H2,1-9H3. The molecule has 0 radical (unpaired) electrons. The van der Waals surface area contributed by atoms with Gasteiger partial charge in [0.05, 0.1) is 44.7 Å². The minimum atomic E-state index is -0.136. The Hall–Kier alpha value is -2.90. The van der Waals surface area contributed by atoms with Gasteiger partial charge in [0.25, 0.3) is 0 Å². The van der Waals surface area contributed by atoms with Gasteiger partial charge >= 0.3 is 0 Å². The van der Waals surface area contributed by atoms with Crippen LogP contribution in [0, 0.1) is 27.7 Å². The van der Waals surface area contributed by atoms with Crippen molar-refractivity contribution in [1.29, 1.82) is 0 Å². The van der Waals surface area contributed by atoms with Gasteiger partial charge in [-0.2, -0.15) is 0 Å². The van der Waals surface area contributed by atoms with E-state index in [2.05, 4.69) is 114 Å². The first-order valence-corrected chi connectivity index (χ1v) is 17.1. The minimum Gasteiger partial charge on any atom is -0.383 e. The molecule has 3 saturated heterocycles. The number of hydrogen-bond donors (Lipinski definition) is 0. The van der Waals surface area contributed by atoms with Gasteiger partial charge < -0.3 is 28.7 Å². The van der Waals surface area contributed by atoms with E-state index in [1.165, 1.54) is 55.9 Å². The molecule has 3 fully saturated rings. The highest BCUT2D eigenvalue weighted by atomic mass is 16.6. The second-order valence-corrected chi connectivity index (χ2v) is 15.0. The Bertz CT molecular complexity index is 1470. The second kappa shape index (κ2) is 13.0. The molecular formula is C40H54N2O4. The van der Waals surface area contributed by atoms with Crippen molar-refractivity contribution in [1.82, 2.24) is 0 Å². The van der Waals surface area contributed by atoms with Crippen LogP contribution in [-0.4, -0.2) is 78.0 Å². The van der Waals surface area contributed by atoms with Crippen molar-refractivity contribution in [2.24, 2.45) is 0 Å². The average molecular weight is 627 g/mol. The van der Waals surface area contributed by atoms with Crippen molar-refractivity contribution in [3.8, 4) is 0 Å². The predicted octanol–water partition coefficient (Wildman–Crippen LogP) is 7.03. The number of anilines is 2. The average Bonchev–Trinajstić information content (AvgIpc) is 3.85. The number of epoxide rings is 3. The van der Waals surface area contributed by atoms with Gasteiger partial charge in [0, 0.05) is 55.5 Å². The number of rotatable bonds is 15. The second-order valence-electron chi connectivity index (χ2n) is 15.0. The maximum atomic E-state index is 5.60. The lowest BCUT2D eigenvalue weighted by Crippen LogP contribution is -2.33. The van der Waals surface area contributed by atoms with E-state index in [0.717, 1.165) is 46.0 Å². The third kappa shape index (κ3) is 7.16. The summed E-state index contributed by atoms with van der Waals surface area (Å²) in [6.07, 6.45) is 1.03. The van der Waals surface area contributed by atoms with E-state index in [1.54, 1.807) is 7.11 Å². The third-order valence-electron chi connectivity index (χ3n) is 10.4. The van der Waals surface area contributed by atoms with E-state index < -0.39 is 0 Å². The summed E-state index contributed by atoms with van der Waals surface area (Å²) >= 11 is 0. The van der Waals surface area contributed by atoms with Gasteiger partial charge in [-0.25, -0.2) is 0 Å². The molecule has 3 heterocycles. The number of aryl methyl sites for hydroxylation is 4. The molecule has 0 aliphatic carbocycles. The molecule has 3 atom stereocenters. The summed E-state index contributed by atoms with van der Waals surface area (Å²) < 4.78 is 22.2. The highest BCUT2D eigenvalue weighted by Gasteiger charge is 2.34. The highest BCUT2D eigenvalue weighted by molar-refractivity contribution is 5.63. The summed E-state index contributed by atoms with van der Waals surface area (Å²) in [6, 6.07) is 18.9. The summed E-state index contributed by atoms with van der Waals surface area (Å²) in [6.45, 7) is 25.3. The van der Waals surface area contributed by atoms with Crippen LogP contribution in [0.2, 0.25) is 0 Å². The predicted molar refractivity (Wildman–Crippen MR) is 188 cm³/mol. The maximum absolute atomic E-state index is 5.60. The summed E-state index contributed by atoms with van der Waals surface area (Å²) in [5, 5.41) is 0. The Morgan fingerprint density at radius 2 is 0.913 bits per heavy atom. The summed E-state index contributed by atoms with van der Waals surface area (Å²) in [5.41, 5.74) is 13.0. The summed E-state index contributed by atoms with van der Waals surface area (Å²) in [7, 11) is 1.77. The number of benzene rings is 3. The molecule has 0 aromatic heterocycles. The third-order valence-corrected chi connectivity index (χ3v) is 10.4. The lowest BCUT2D eigenvalue weighted by Gasteiger charge is -2.33. The van der Waals surface area contributed by atoms with Crippen molar-refractivity contribution >= 4 is 11.4 Å². The molecule has 3 unspecified atom stereocenters. The largest absolute Gasteiger partial charge is 0.383 e. The fraction of sp³-hybridized carbons (Fsp3) is 0.550. The van der Waals surface area contributed by atoms with Gasteiger partial charge in [0.15, 0.2) is 0 Å². The van der Waals surface area contributed by atoms with E-state index in [0.29, 0.717) is 24.9 Å². The van der Waals surface area contributed by atoms with Crippen molar-refractivity contribution in [3.63, 3.8) is 0 Å². The van der Waals surface area contributed by atoms with E-state index in [4.69, 9.17) is 18.9 Å². The number of ether oxygens (including phenoxy) is 4. The van der Waals surface area contributed by atoms with Crippen LogP contribution >= 0.6 is 0 Å². The first-order valence-electron chi connectivity index (χ1n) is 17.1. The van der Waals surface area contributed by atoms with Crippen molar-refractivity contribution in [2.45, 2.75) is 84.5 Å². The summed E-state index contributed by atoms with van der Waals surface area (Å²) in [5.74, 6) is 0. The lowest BCUT2D eigenvalue weighted by atomic mass is 9.73. The first-order chi connectivity index (χ1) is 21.9. The Labute approximate surface area is 277 Å². The van der Waals surface area contributed by atoms with Crippen LogP contribution in [0.4, 0.5) is 11.4 Å². The lowest BCUT2D eigenvalue weighted by molar-refractivity contribution is 0.204. The SMILES string of the molecule is COCCN(CC1CO1)c1c(C)cc(C(C)(C)c2ccc(C(C)(C)c3cc(C)c(N(CC4CO4)CC4CO4)c(C)c3)cc2)cc1C. The molecule has 3 aliphatic rings. The van der Waals surface area contributed by atoms with E-state index in [-0.39, 0.29) is 10.8 Å². The van der Waals surface area contributed by atoms with Crippen LogP contribution in [0.1, 0.15) is 72.2 Å². The van der Waals surface area contributed by atoms with Crippen LogP contribution in [0.5, 0.6) is 0 Å². The topological polar surface area (TPSA) is 53.3 Å². The molecule has 0 spiro atoms. The Morgan fingerprint density at radius 1 is 0.587 bits per heavy atom. The monoisotopic (exact) mass is 626 g/mol. The maximum Gasteiger partial charge on any atom is 0.0984 e. The zero-order valence-corrected chi connectivity index (χ0v) is 29.5. The van der Waals surface area contributed by atoms with Gasteiger partial charge in [0.1, 0.15) is 0 Å². The van der Waals surface area contributed by atoms with Crippen LogP contribution in [0.25, 0.3) is 0 Å². The van der Waals surface area contributed by atoms with Gasteiger partial charge in [-0.3, -0.25) is 0 Å². The number of methoxy groups -OCH3 is 1. The van der Waals surface area contributed by atoms with Crippen molar-refractivity contribution in [2.75, 3.05) is 69.5 Å². The van der Waals surface area contributed by atoms with Crippen LogP contribution in [0.15, 0.2) is 48.5 Å². The molecule has 46 heavy (non-hydrogen) atoms. The van der Waals surface area contributed by atoms with Crippen LogP contribution < -0.4 is 9.80 Å². The smallest absolute Gasteiger partial charge is 0.0984 e. The number of hydrogen-bond acceptors (Lipinski definition) is 6. The number of nitrogens with zero attached hydrogens (tertiary/aromatic N) is 2. The molecule has 248 valence electrons.